The van der Waals surface area contributed by atoms with Gasteiger partial charge in [-0.2, -0.15) is 0 Å². The van der Waals surface area contributed by atoms with E-state index in [9.17, 15) is 0 Å². The summed E-state index contributed by atoms with van der Waals surface area (Å²) in [4.78, 5) is 0. The standard InChI is InChI=1S/C34H26O2/c1-17(2)21-13-23-19-9-5-7-11-27(19)36-30-16-26-22(18(3)4)14-24-20-10-6-8-12-28(20)35-29-15-25(21)33(31(23)30)34(26)32(24)29/h5-18H,1-4H3. The molecule has 2 heterocycles. The third kappa shape index (κ3) is 2.42. The van der Waals surface area contributed by atoms with Gasteiger partial charge in [-0.05, 0) is 80.9 Å². The quantitative estimate of drug-likeness (QED) is 0.187. The van der Waals surface area contributed by atoms with E-state index in [2.05, 4.69) is 100 Å². The van der Waals surface area contributed by atoms with Crippen LogP contribution in [0.15, 0.2) is 81.6 Å². The third-order valence-corrected chi connectivity index (χ3v) is 8.13. The highest BCUT2D eigenvalue weighted by Gasteiger charge is 2.25. The molecule has 0 aliphatic carbocycles. The molecular formula is C34H26O2. The first-order valence-electron chi connectivity index (χ1n) is 12.9. The summed E-state index contributed by atoms with van der Waals surface area (Å²) >= 11 is 0. The summed E-state index contributed by atoms with van der Waals surface area (Å²) < 4.78 is 13.2. The maximum Gasteiger partial charge on any atom is 0.136 e. The Balaban J connectivity index is 1.79. The fourth-order valence-corrected chi connectivity index (χ4v) is 6.52. The maximum absolute atomic E-state index is 6.61. The molecule has 0 aliphatic heterocycles. The lowest BCUT2D eigenvalue weighted by Crippen LogP contribution is -1.99. The predicted molar refractivity (Wildman–Crippen MR) is 153 cm³/mol. The van der Waals surface area contributed by atoms with E-state index in [1.54, 1.807) is 0 Å². The molecule has 0 saturated carbocycles. The molecule has 174 valence electrons. The van der Waals surface area contributed by atoms with E-state index in [-0.39, 0.29) is 0 Å². The first-order valence-corrected chi connectivity index (χ1v) is 12.9. The van der Waals surface area contributed by atoms with Crippen LogP contribution < -0.4 is 0 Å². The molecule has 2 heteroatoms. The molecule has 0 saturated heterocycles. The molecule has 0 amide bonds. The van der Waals surface area contributed by atoms with Crippen molar-refractivity contribution >= 4 is 76.2 Å². The Bertz CT molecular complexity index is 1990. The smallest absolute Gasteiger partial charge is 0.136 e. The van der Waals surface area contributed by atoms with E-state index in [1.807, 2.05) is 0 Å². The van der Waals surface area contributed by atoms with E-state index in [0.717, 1.165) is 22.3 Å². The summed E-state index contributed by atoms with van der Waals surface area (Å²) in [6, 6.07) is 26.2. The SMILES string of the molecule is CC(C)c1cc2c3ccccc3oc3cc4c(C(C)C)cc5c6ccccc6oc6cc1c(c32)c4c65. The second-order valence-electron chi connectivity index (χ2n) is 10.9. The third-order valence-electron chi connectivity index (χ3n) is 8.13. The monoisotopic (exact) mass is 466 g/mol. The average Bonchev–Trinajstić information content (AvgIpc) is 2.88. The average molecular weight is 467 g/mol. The van der Waals surface area contributed by atoms with Gasteiger partial charge in [0.15, 0.2) is 0 Å². The van der Waals surface area contributed by atoms with Crippen LogP contribution in [0.5, 0.6) is 0 Å². The minimum Gasteiger partial charge on any atom is -0.456 e. The van der Waals surface area contributed by atoms with E-state index >= 15 is 0 Å². The Morgan fingerprint density at radius 2 is 0.833 bits per heavy atom. The van der Waals surface area contributed by atoms with Crippen molar-refractivity contribution in [2.75, 3.05) is 0 Å². The molecule has 8 rings (SSSR count). The lowest BCUT2D eigenvalue weighted by Gasteiger charge is -2.23. The lowest BCUT2D eigenvalue weighted by atomic mass is 9.82. The van der Waals surface area contributed by atoms with Gasteiger partial charge in [-0.25, -0.2) is 0 Å². The molecule has 36 heavy (non-hydrogen) atoms. The van der Waals surface area contributed by atoms with Crippen molar-refractivity contribution in [3.05, 3.63) is 83.9 Å². The zero-order valence-corrected chi connectivity index (χ0v) is 20.9. The van der Waals surface area contributed by atoms with Crippen LogP contribution in [0.25, 0.3) is 76.2 Å². The van der Waals surface area contributed by atoms with Crippen molar-refractivity contribution in [3.8, 4) is 0 Å². The van der Waals surface area contributed by atoms with Crippen molar-refractivity contribution < 1.29 is 8.83 Å². The summed E-state index contributed by atoms with van der Waals surface area (Å²) in [5, 5.41) is 12.5. The molecule has 0 radical (unpaired) electrons. The number of fused-ring (bicyclic) bond motifs is 4. The Morgan fingerprint density at radius 1 is 0.417 bits per heavy atom. The van der Waals surface area contributed by atoms with Gasteiger partial charge in [0.25, 0.3) is 0 Å². The van der Waals surface area contributed by atoms with Gasteiger partial charge in [0, 0.05) is 32.3 Å². The van der Waals surface area contributed by atoms with Crippen LogP contribution >= 0.6 is 0 Å². The fraction of sp³-hybridized carbons (Fsp3) is 0.176. The Morgan fingerprint density at radius 3 is 1.25 bits per heavy atom. The number of hydrogen-bond donors (Lipinski definition) is 0. The maximum atomic E-state index is 6.61. The van der Waals surface area contributed by atoms with Gasteiger partial charge < -0.3 is 8.83 Å². The zero-order valence-electron chi connectivity index (χ0n) is 20.9. The molecule has 8 aromatic rings. The molecular weight excluding hydrogens is 440 g/mol. The lowest BCUT2D eigenvalue weighted by molar-refractivity contribution is 0.661. The van der Waals surface area contributed by atoms with Crippen LogP contribution in [0.4, 0.5) is 0 Å². The van der Waals surface area contributed by atoms with Crippen LogP contribution in [0, 0.1) is 0 Å². The van der Waals surface area contributed by atoms with Crippen LogP contribution in [0.2, 0.25) is 0 Å². The van der Waals surface area contributed by atoms with Crippen molar-refractivity contribution in [2.45, 2.75) is 39.5 Å². The van der Waals surface area contributed by atoms with Crippen LogP contribution in [-0.4, -0.2) is 0 Å². The highest BCUT2D eigenvalue weighted by molar-refractivity contribution is 6.39. The highest BCUT2D eigenvalue weighted by Crippen LogP contribution is 2.50. The van der Waals surface area contributed by atoms with Gasteiger partial charge in [-0.1, -0.05) is 64.1 Å². The van der Waals surface area contributed by atoms with Crippen molar-refractivity contribution in [3.63, 3.8) is 0 Å². The molecule has 0 bridgehead atoms. The summed E-state index contributed by atoms with van der Waals surface area (Å²) in [6.45, 7) is 9.16. The van der Waals surface area contributed by atoms with Gasteiger partial charge in [-0.15, -0.1) is 0 Å². The first-order chi connectivity index (χ1) is 17.5. The molecule has 0 aliphatic rings. The van der Waals surface area contributed by atoms with Gasteiger partial charge in [0.2, 0.25) is 0 Å². The second-order valence-corrected chi connectivity index (χ2v) is 10.9. The molecule has 2 nitrogen and oxygen atoms in total. The van der Waals surface area contributed by atoms with Crippen LogP contribution in [-0.2, 0) is 0 Å². The molecule has 0 fully saturated rings. The van der Waals surface area contributed by atoms with Gasteiger partial charge in [0.05, 0.1) is 0 Å². The van der Waals surface area contributed by atoms with E-state index in [1.165, 1.54) is 65.0 Å². The van der Waals surface area contributed by atoms with E-state index < -0.39 is 0 Å². The number of benzene rings is 6. The molecule has 0 unspecified atom stereocenters. The minimum atomic E-state index is 0.372. The van der Waals surface area contributed by atoms with E-state index in [0.29, 0.717) is 11.8 Å². The summed E-state index contributed by atoms with van der Waals surface area (Å²) in [6.07, 6.45) is 0. The Labute approximate surface area is 208 Å². The molecule has 0 spiro atoms. The van der Waals surface area contributed by atoms with Gasteiger partial charge in [-0.3, -0.25) is 0 Å². The number of hydrogen-bond acceptors (Lipinski definition) is 2. The van der Waals surface area contributed by atoms with Crippen molar-refractivity contribution in [1.82, 2.24) is 0 Å². The highest BCUT2D eigenvalue weighted by atomic mass is 16.3. The predicted octanol–water partition coefficient (Wildman–Crippen LogP) is 10.6. The molecule has 0 atom stereocenters. The van der Waals surface area contributed by atoms with Gasteiger partial charge in [0.1, 0.15) is 22.3 Å². The summed E-state index contributed by atoms with van der Waals surface area (Å²) in [7, 11) is 0. The van der Waals surface area contributed by atoms with Crippen molar-refractivity contribution in [1.29, 1.82) is 0 Å². The molecule has 0 N–H and O–H groups in total. The topological polar surface area (TPSA) is 26.3 Å². The van der Waals surface area contributed by atoms with Crippen LogP contribution in [0.1, 0.15) is 50.7 Å². The normalized spacial score (nSPS) is 12.9. The van der Waals surface area contributed by atoms with Gasteiger partial charge >= 0.3 is 0 Å². The summed E-state index contributed by atoms with van der Waals surface area (Å²) in [5.74, 6) is 0.743. The molecule has 6 aromatic carbocycles. The number of rotatable bonds is 2. The summed E-state index contributed by atoms with van der Waals surface area (Å²) in [5.41, 5.74) is 6.48. The second kappa shape index (κ2) is 6.79. The fourth-order valence-electron chi connectivity index (χ4n) is 6.52. The van der Waals surface area contributed by atoms with Crippen LogP contribution in [0.3, 0.4) is 0 Å². The minimum absolute atomic E-state index is 0.372. The Kier molecular flexibility index (Phi) is 3.81. The molecule has 2 aromatic heterocycles. The van der Waals surface area contributed by atoms with Crippen molar-refractivity contribution in [2.24, 2.45) is 0 Å². The van der Waals surface area contributed by atoms with E-state index in [4.69, 9.17) is 8.83 Å². The zero-order chi connectivity index (χ0) is 24.3. The first kappa shape index (κ1) is 20.2. The number of para-hydroxylation sites is 2. The Hall–Kier alpha value is -4.04. The largest absolute Gasteiger partial charge is 0.456 e.